The molecule has 4 aliphatic carbocycles. The van der Waals surface area contributed by atoms with Crippen LogP contribution in [-0.2, 0) is 48.5 Å². The Kier molecular flexibility index (Phi) is 65.6. The SMILES string of the molecule is CC(C)[PH+](C(C)C)C(C)C.CC(C)[PH+](C(C)C)C(C)C.CC(C)[PH+](C(C)C)C(C)C.CC(C)[PH+](C(C)C)C(C)C.OC1CCC2CCCCC2[N-]1.OC1CCC2CCCCC2[N-]1.[CH-]=CC1CC(C(C)C)C(N=NC2C(C(C)C)CC(C[CH2-])CC2C(C)C)C(C(C)C)C1.[CH-]=O.[CH-]=O.[Ru+3].[Ru+3]. The van der Waals surface area contributed by atoms with Crippen molar-refractivity contribution in [1.29, 1.82) is 0 Å². The molecule has 2 radical (unpaired) electrons. The van der Waals surface area contributed by atoms with Gasteiger partial charge in [0.1, 0.15) is 0 Å². The molecule has 0 aromatic heterocycles. The molecule has 10 atom stereocenters. The molecule has 6 aliphatic rings. The molecular weight excluding hydrogens is 1450 g/mol. The number of hydrogen-bond acceptors (Lipinski definition) is 6. The minimum absolute atomic E-state index is 0. The molecule has 2 saturated heterocycles. The molecular formula is C84H172N4O4P4Ru2+4. The molecule has 10 unspecified atom stereocenters. The summed E-state index contributed by atoms with van der Waals surface area (Å²) in [6, 6.07) is 1.72. The van der Waals surface area contributed by atoms with Gasteiger partial charge in [0, 0.05) is 31.7 Å². The maximum atomic E-state index is 9.28. The van der Waals surface area contributed by atoms with E-state index in [0.29, 0.717) is 77.4 Å². The molecule has 2 N–H and O–H groups in total. The fourth-order valence-electron chi connectivity index (χ4n) is 19.2. The Balaban J connectivity index is -0.000000360. The molecule has 0 aromatic rings. The molecule has 6 rings (SSSR count). The first-order valence-corrected chi connectivity index (χ1v) is 47.0. The topological polar surface area (TPSA) is 128 Å². The summed E-state index contributed by atoms with van der Waals surface area (Å²) in [6.07, 6.45) is 21.9. The van der Waals surface area contributed by atoms with E-state index in [1.54, 1.807) is 0 Å². The van der Waals surface area contributed by atoms with Crippen molar-refractivity contribution in [2.24, 2.45) is 81.2 Å². The number of rotatable bonds is 20. The molecule has 2 heterocycles. The van der Waals surface area contributed by atoms with Crippen LogP contribution in [-0.4, -0.2) is 128 Å². The van der Waals surface area contributed by atoms with E-state index in [2.05, 4.69) is 253 Å². The quantitative estimate of drug-likeness (QED) is 0.0414. The zero-order valence-corrected chi connectivity index (χ0v) is 78.0. The number of azo groups is 1. The third-order valence-electron chi connectivity index (χ3n) is 22.6. The van der Waals surface area contributed by atoms with Gasteiger partial charge in [0.25, 0.3) is 0 Å². The van der Waals surface area contributed by atoms with E-state index in [-0.39, 0.29) is 83.1 Å². The van der Waals surface area contributed by atoms with Gasteiger partial charge >= 0.3 is 39.0 Å². The van der Waals surface area contributed by atoms with Crippen molar-refractivity contribution in [2.75, 3.05) is 0 Å². The second-order valence-corrected chi connectivity index (χ2v) is 53.2. The van der Waals surface area contributed by atoms with Crippen LogP contribution in [0.1, 0.15) is 331 Å². The molecule has 0 bridgehead atoms. The van der Waals surface area contributed by atoms with Gasteiger partial charge in [0.05, 0.1) is 80.0 Å². The van der Waals surface area contributed by atoms with Gasteiger partial charge in [-0.05, 0) is 264 Å². The van der Waals surface area contributed by atoms with Crippen LogP contribution < -0.4 is 0 Å². The van der Waals surface area contributed by atoms with Crippen LogP contribution in [0.3, 0.4) is 0 Å². The number of nitrogens with zero attached hydrogens (tertiary/aromatic N) is 4. The van der Waals surface area contributed by atoms with Gasteiger partial charge in [-0.25, -0.2) is 0 Å². The third-order valence-corrected chi connectivity index (χ3v) is 38.6. The molecule has 584 valence electrons. The van der Waals surface area contributed by atoms with E-state index >= 15 is 0 Å². The standard InChI is InChI=1S/C28H50N2.2C9H16NO.4C9H21P.2CHO.2Ru/c1-11-21-13-23(17(3)4)27(24(14-21)18(5)6)29-30-28-25(19(7)8)15-22(12-2)16-26(28)20(9)10;2*11-9-6-5-7-3-1-2-4-8(7)10-9;4*1-7(2)10(8(3)4)9(5)6;2*1-2;;/h1,11,17-28H,2,12-16H2,3-10H3;2*7-9,11H,1-6H2;4*7-9H,1-6H3;2*1H;;/q-2;2*-1;;;;;2*-1;2*+3/p+4. The summed E-state index contributed by atoms with van der Waals surface area (Å²) < 4.78 is 0. The molecule has 4 saturated carbocycles. The summed E-state index contributed by atoms with van der Waals surface area (Å²) in [5.41, 5.74) is 11.2. The molecule has 8 nitrogen and oxygen atoms in total. The first kappa shape index (κ1) is 108. The van der Waals surface area contributed by atoms with Gasteiger partial charge in [-0.1, -0.05) is 143 Å². The second-order valence-electron chi connectivity index (χ2n) is 35.4. The molecule has 98 heavy (non-hydrogen) atoms. The summed E-state index contributed by atoms with van der Waals surface area (Å²) in [5, 5.41) is 37.8. The number of piperidine rings is 2. The predicted octanol–water partition coefficient (Wildman–Crippen LogP) is 25.5. The zero-order valence-electron chi connectivity index (χ0n) is 70.6. The van der Waals surface area contributed by atoms with Gasteiger partial charge in [0.2, 0.25) is 0 Å². The summed E-state index contributed by atoms with van der Waals surface area (Å²) in [6.45, 7) is 92.6. The first-order valence-electron chi connectivity index (χ1n) is 40.1. The number of carbonyl (C=O) groups excluding carboxylic acids is 2. The summed E-state index contributed by atoms with van der Waals surface area (Å²) in [7, 11) is -0.383. The maximum Gasteiger partial charge on any atom is 3.00 e. The Morgan fingerprint density at radius 2 is 0.582 bits per heavy atom. The van der Waals surface area contributed by atoms with Crippen LogP contribution in [0.4, 0.5) is 0 Å². The molecule has 0 spiro atoms. The average molecular weight is 1630 g/mol. The minimum atomic E-state index is -0.339. The number of aliphatic hydroxyl groups excluding tert-OH is 2. The molecule has 6 fully saturated rings. The number of aliphatic hydroxyl groups is 2. The van der Waals surface area contributed by atoms with Gasteiger partial charge in [-0.2, -0.15) is 16.6 Å². The average Bonchev–Trinajstić information content (AvgIpc) is 0.801. The molecule has 14 heteroatoms. The van der Waals surface area contributed by atoms with Crippen LogP contribution in [0.15, 0.2) is 16.3 Å². The smallest absolute Gasteiger partial charge is 0.634 e. The minimum Gasteiger partial charge on any atom is -0.634 e. The fourth-order valence-corrected chi connectivity index (χ4v) is 35.2. The molecule has 0 aromatic carbocycles. The Morgan fingerprint density at radius 3 is 0.765 bits per heavy atom. The first-order chi connectivity index (χ1) is 44.7. The van der Waals surface area contributed by atoms with E-state index in [0.717, 1.165) is 118 Å². The predicted molar refractivity (Wildman–Crippen MR) is 447 cm³/mol. The van der Waals surface area contributed by atoms with E-state index < -0.39 is 0 Å². The summed E-state index contributed by atoms with van der Waals surface area (Å²) in [4.78, 5) is 15.5. The van der Waals surface area contributed by atoms with E-state index in [4.69, 9.17) is 26.4 Å². The van der Waals surface area contributed by atoms with Crippen LogP contribution >= 0.6 is 31.7 Å². The van der Waals surface area contributed by atoms with E-state index in [9.17, 15) is 10.2 Å². The Morgan fingerprint density at radius 1 is 0.367 bits per heavy atom. The summed E-state index contributed by atoms with van der Waals surface area (Å²) in [5.74, 6) is 7.83. The maximum absolute atomic E-state index is 9.28. The van der Waals surface area contributed by atoms with E-state index in [1.165, 1.54) is 77.0 Å². The van der Waals surface area contributed by atoms with Gasteiger partial charge in [-0.3, -0.25) is 19.7 Å². The van der Waals surface area contributed by atoms with Crippen molar-refractivity contribution in [2.45, 2.75) is 435 Å². The zero-order chi connectivity index (χ0) is 75.2. The van der Waals surface area contributed by atoms with E-state index in [1.807, 2.05) is 6.08 Å². The van der Waals surface area contributed by atoms with Crippen LogP contribution in [0.2, 0.25) is 0 Å². The van der Waals surface area contributed by atoms with Crippen molar-refractivity contribution in [1.82, 2.24) is 0 Å². The second kappa shape index (κ2) is 59.4. The van der Waals surface area contributed by atoms with Gasteiger partial charge in [0.15, 0.2) is 0 Å². The van der Waals surface area contributed by atoms with Crippen molar-refractivity contribution < 1.29 is 58.8 Å². The van der Waals surface area contributed by atoms with Crippen molar-refractivity contribution in [3.63, 3.8) is 0 Å². The molecule has 0 amide bonds. The number of allylic oxidation sites excluding steroid dienone is 1. The van der Waals surface area contributed by atoms with Crippen molar-refractivity contribution >= 4 is 45.3 Å². The summed E-state index contributed by atoms with van der Waals surface area (Å²) >= 11 is 0. The third kappa shape index (κ3) is 42.3. The van der Waals surface area contributed by atoms with Crippen LogP contribution in [0, 0.1) is 84.5 Å². The fraction of sp³-hybridized carbons (Fsp3) is 0.940. The van der Waals surface area contributed by atoms with Crippen molar-refractivity contribution in [3.8, 4) is 0 Å². The number of hydrogen-bond donors (Lipinski definition) is 2. The Labute approximate surface area is 646 Å². The number of fused-ring (bicyclic) bond motifs is 2. The monoisotopic (exact) mass is 1630 g/mol. The van der Waals surface area contributed by atoms with Gasteiger partial charge in [-0.15, -0.1) is 12.1 Å². The van der Waals surface area contributed by atoms with Gasteiger partial charge < -0.3 is 43.9 Å². The Bertz CT molecular complexity index is 1650. The normalized spacial score (nSPS) is 27.1. The van der Waals surface area contributed by atoms with Crippen LogP contribution in [0.5, 0.6) is 0 Å². The Hall–Kier alpha value is 1.49. The van der Waals surface area contributed by atoms with Crippen LogP contribution in [0.25, 0.3) is 10.6 Å². The van der Waals surface area contributed by atoms with Crippen molar-refractivity contribution in [3.05, 3.63) is 30.2 Å². The largest absolute Gasteiger partial charge is 3.00 e. The molecule has 2 aliphatic heterocycles.